The zero-order valence-corrected chi connectivity index (χ0v) is 20.3. The van der Waals surface area contributed by atoms with E-state index in [1.54, 1.807) is 46.0 Å². The van der Waals surface area contributed by atoms with Crippen molar-refractivity contribution in [3.8, 4) is 10.6 Å². The third-order valence-corrected chi connectivity index (χ3v) is 7.41. The van der Waals surface area contributed by atoms with Gasteiger partial charge in [0.15, 0.2) is 0 Å². The molecule has 0 saturated carbocycles. The van der Waals surface area contributed by atoms with Gasteiger partial charge >= 0.3 is 0 Å². The number of hydrogen-bond acceptors (Lipinski definition) is 4. The second-order valence-corrected chi connectivity index (χ2v) is 9.90. The predicted molar refractivity (Wildman–Crippen MR) is 133 cm³/mol. The van der Waals surface area contributed by atoms with Crippen LogP contribution in [0.15, 0.2) is 72.1 Å². The van der Waals surface area contributed by atoms with E-state index in [0.29, 0.717) is 12.2 Å². The van der Waals surface area contributed by atoms with E-state index in [0.717, 1.165) is 27.3 Å². The van der Waals surface area contributed by atoms with Gasteiger partial charge in [-0.25, -0.2) is 4.39 Å². The van der Waals surface area contributed by atoms with Crippen LogP contribution in [0.3, 0.4) is 0 Å². The summed E-state index contributed by atoms with van der Waals surface area (Å²) < 4.78 is 14.9. The highest BCUT2D eigenvalue weighted by Gasteiger charge is 2.48. The number of nitrogens with one attached hydrogen (secondary N) is 1. The van der Waals surface area contributed by atoms with Crippen molar-refractivity contribution in [3.05, 3.63) is 100 Å². The van der Waals surface area contributed by atoms with E-state index in [4.69, 9.17) is 0 Å². The number of thiophene rings is 1. The molecule has 1 aliphatic rings. The van der Waals surface area contributed by atoms with Crippen LogP contribution in [0.4, 0.5) is 4.39 Å². The Morgan fingerprint density at radius 1 is 1.14 bits per heavy atom. The molecule has 0 spiro atoms. The third kappa shape index (κ3) is 4.37. The van der Waals surface area contributed by atoms with Crippen LogP contribution in [0, 0.1) is 12.7 Å². The fourth-order valence-corrected chi connectivity index (χ4v) is 5.05. The molecule has 4 aromatic rings. The molecule has 0 saturated heterocycles. The Kier molecular flexibility index (Phi) is 5.98. The number of hydrogen-bond donors (Lipinski definition) is 1. The van der Waals surface area contributed by atoms with Crippen molar-refractivity contribution in [3.63, 3.8) is 0 Å². The lowest BCUT2D eigenvalue weighted by atomic mass is 9.93. The minimum Gasteiger partial charge on any atom is -0.350 e. The predicted octanol–water partition coefficient (Wildman–Crippen LogP) is 4.79. The number of nitrogens with zero attached hydrogens (tertiary/aromatic N) is 3. The molecule has 0 bridgehead atoms. The van der Waals surface area contributed by atoms with Gasteiger partial charge in [-0.2, -0.15) is 5.10 Å². The van der Waals surface area contributed by atoms with Crippen molar-refractivity contribution < 1.29 is 14.0 Å². The first kappa shape index (κ1) is 23.0. The molecule has 0 unspecified atom stereocenters. The average Bonchev–Trinajstić information content (AvgIpc) is 3.52. The second kappa shape index (κ2) is 9.11. The van der Waals surface area contributed by atoms with E-state index in [2.05, 4.69) is 10.4 Å². The molecule has 0 aliphatic carbocycles. The van der Waals surface area contributed by atoms with Crippen molar-refractivity contribution in [2.24, 2.45) is 0 Å². The number of aryl methyl sites for hydroxylation is 1. The largest absolute Gasteiger partial charge is 0.350 e. The first-order chi connectivity index (χ1) is 16.8. The molecule has 2 aromatic carbocycles. The molecule has 6 nitrogen and oxygen atoms in total. The van der Waals surface area contributed by atoms with Crippen LogP contribution >= 0.6 is 11.3 Å². The lowest BCUT2D eigenvalue weighted by Gasteiger charge is -2.43. The topological polar surface area (TPSA) is 67.2 Å². The van der Waals surface area contributed by atoms with Crippen LogP contribution in [0.2, 0.25) is 0 Å². The molecule has 8 heteroatoms. The zero-order chi connectivity index (χ0) is 24.6. The Morgan fingerprint density at radius 3 is 2.63 bits per heavy atom. The highest BCUT2D eigenvalue weighted by atomic mass is 32.1. The van der Waals surface area contributed by atoms with Crippen LogP contribution in [-0.2, 0) is 24.4 Å². The Balaban J connectivity index is 1.49. The molecule has 2 aromatic heterocycles. The minimum atomic E-state index is -1.18. The number of aromatic nitrogens is 2. The van der Waals surface area contributed by atoms with Gasteiger partial charge in [-0.05, 0) is 60.2 Å². The van der Waals surface area contributed by atoms with Gasteiger partial charge in [0.2, 0.25) is 5.91 Å². The quantitative estimate of drug-likeness (QED) is 0.424. The Labute approximate surface area is 207 Å². The maximum Gasteiger partial charge on any atom is 0.273 e. The second-order valence-electron chi connectivity index (χ2n) is 8.95. The fraction of sp³-hybridized carbons (Fsp3) is 0.222. The number of benzene rings is 2. The van der Waals surface area contributed by atoms with Crippen molar-refractivity contribution >= 4 is 23.2 Å². The molecule has 5 rings (SSSR count). The minimum absolute atomic E-state index is 0.223. The molecular weight excluding hydrogens is 463 g/mol. The molecule has 2 amide bonds. The van der Waals surface area contributed by atoms with Gasteiger partial charge in [-0.3, -0.25) is 14.3 Å². The maximum absolute atomic E-state index is 13.8. The molecule has 0 radical (unpaired) electrons. The summed E-state index contributed by atoms with van der Waals surface area (Å²) in [6.45, 7) is 4.52. The van der Waals surface area contributed by atoms with Gasteiger partial charge in [0.1, 0.15) is 22.7 Å². The summed E-state index contributed by atoms with van der Waals surface area (Å²) in [7, 11) is 0. The van der Waals surface area contributed by atoms with E-state index in [9.17, 15) is 14.0 Å². The fourth-order valence-electron chi connectivity index (χ4n) is 4.37. The van der Waals surface area contributed by atoms with Crippen molar-refractivity contribution in [2.75, 3.05) is 0 Å². The first-order valence-corrected chi connectivity index (χ1v) is 12.2. The van der Waals surface area contributed by atoms with E-state index < -0.39 is 5.54 Å². The standard InChI is InChI=1S/C27H25FN4O2S/c1-18-6-3-4-7-20(18)16-31-25(33)23-14-22(24-8-5-13-35-24)30-32(23)17-27(31,2)26(34)29-15-19-9-11-21(28)12-10-19/h3-14H,15-17H2,1-2H3,(H,29,34)/t27-/m1/s1. The normalized spacial score (nSPS) is 17.3. The number of amides is 2. The maximum atomic E-state index is 13.8. The number of carbonyl (C=O) groups excluding carboxylic acids is 2. The van der Waals surface area contributed by atoms with Crippen LogP contribution in [0.25, 0.3) is 10.6 Å². The van der Waals surface area contributed by atoms with Crippen molar-refractivity contribution in [1.29, 1.82) is 0 Å². The molecular formula is C27H25FN4O2S. The van der Waals surface area contributed by atoms with Gasteiger partial charge in [-0.15, -0.1) is 11.3 Å². The molecule has 1 atom stereocenters. The summed E-state index contributed by atoms with van der Waals surface area (Å²) >= 11 is 1.55. The molecule has 3 heterocycles. The van der Waals surface area contributed by atoms with Crippen LogP contribution in [0.1, 0.15) is 34.1 Å². The van der Waals surface area contributed by atoms with E-state index in [1.807, 2.05) is 48.7 Å². The van der Waals surface area contributed by atoms with E-state index in [1.165, 1.54) is 12.1 Å². The van der Waals surface area contributed by atoms with Gasteiger partial charge in [0.25, 0.3) is 5.91 Å². The summed E-state index contributed by atoms with van der Waals surface area (Å²) in [5.74, 6) is -0.862. The van der Waals surface area contributed by atoms with Crippen molar-refractivity contribution in [2.45, 2.75) is 39.0 Å². The number of fused-ring (bicyclic) bond motifs is 1. The molecule has 0 fully saturated rings. The lowest BCUT2D eigenvalue weighted by molar-refractivity contribution is -0.133. The lowest BCUT2D eigenvalue weighted by Crippen LogP contribution is -2.63. The summed E-state index contributed by atoms with van der Waals surface area (Å²) in [6.07, 6.45) is 0. The summed E-state index contributed by atoms with van der Waals surface area (Å²) in [5, 5.41) is 9.58. The van der Waals surface area contributed by atoms with Crippen LogP contribution < -0.4 is 5.32 Å². The highest BCUT2D eigenvalue weighted by Crippen LogP contribution is 2.33. The first-order valence-electron chi connectivity index (χ1n) is 11.4. The third-order valence-electron chi connectivity index (χ3n) is 6.52. The van der Waals surface area contributed by atoms with E-state index in [-0.39, 0.29) is 30.7 Å². The Hall–Kier alpha value is -3.78. The van der Waals surface area contributed by atoms with Gasteiger partial charge in [-0.1, -0.05) is 42.5 Å². The molecule has 35 heavy (non-hydrogen) atoms. The van der Waals surface area contributed by atoms with Crippen LogP contribution in [-0.4, -0.2) is 32.0 Å². The summed E-state index contributed by atoms with van der Waals surface area (Å²) in [5.41, 5.74) is 2.81. The van der Waals surface area contributed by atoms with Crippen LogP contribution in [0.5, 0.6) is 0 Å². The van der Waals surface area contributed by atoms with Gasteiger partial charge in [0, 0.05) is 13.1 Å². The number of rotatable bonds is 6. The summed E-state index contributed by atoms with van der Waals surface area (Å²) in [4.78, 5) is 30.0. The van der Waals surface area contributed by atoms with Crippen molar-refractivity contribution in [1.82, 2.24) is 20.0 Å². The summed E-state index contributed by atoms with van der Waals surface area (Å²) in [6, 6.07) is 19.5. The SMILES string of the molecule is Cc1ccccc1CN1C(=O)c2cc(-c3cccs3)nn2C[C@]1(C)C(=O)NCc1ccc(F)cc1. The Bertz CT molecular complexity index is 1380. The smallest absolute Gasteiger partial charge is 0.273 e. The average molecular weight is 489 g/mol. The Morgan fingerprint density at radius 2 is 1.91 bits per heavy atom. The molecule has 1 N–H and O–H groups in total. The number of halogens is 1. The molecule has 1 aliphatic heterocycles. The highest BCUT2D eigenvalue weighted by molar-refractivity contribution is 7.13. The monoisotopic (exact) mass is 488 g/mol. The molecule has 178 valence electrons. The number of carbonyl (C=O) groups is 2. The van der Waals surface area contributed by atoms with Gasteiger partial charge in [0.05, 0.1) is 11.4 Å². The van der Waals surface area contributed by atoms with E-state index >= 15 is 0 Å². The van der Waals surface area contributed by atoms with Gasteiger partial charge < -0.3 is 10.2 Å². The zero-order valence-electron chi connectivity index (χ0n) is 19.5.